The van der Waals surface area contributed by atoms with Gasteiger partial charge in [-0.1, -0.05) is 43.2 Å². The van der Waals surface area contributed by atoms with Crippen LogP contribution in [-0.2, 0) is 11.3 Å². The summed E-state index contributed by atoms with van der Waals surface area (Å²) in [6.45, 7) is 3.85. The first kappa shape index (κ1) is 18.4. The van der Waals surface area contributed by atoms with Crippen LogP contribution in [0.4, 0.5) is 0 Å². The Bertz CT molecular complexity index is 544. The zero-order chi connectivity index (χ0) is 17.7. The van der Waals surface area contributed by atoms with Crippen molar-refractivity contribution in [3.8, 4) is 0 Å². The molecule has 0 radical (unpaired) electrons. The van der Waals surface area contributed by atoms with Gasteiger partial charge in [-0.15, -0.1) is 0 Å². The maximum atomic E-state index is 12.6. The molecule has 0 bridgehead atoms. The molecule has 0 unspecified atom stereocenters. The van der Waals surface area contributed by atoms with E-state index in [0.717, 1.165) is 39.0 Å². The van der Waals surface area contributed by atoms with Crippen molar-refractivity contribution in [3.63, 3.8) is 0 Å². The molecule has 0 aromatic heterocycles. The summed E-state index contributed by atoms with van der Waals surface area (Å²) in [6.07, 6.45) is 6.94. The quantitative estimate of drug-likeness (QED) is 0.863. The molecule has 1 heterocycles. The van der Waals surface area contributed by atoms with Crippen LogP contribution in [0.15, 0.2) is 30.3 Å². The molecular weight excluding hydrogens is 310 g/mol. The normalized spacial score (nSPS) is 21.6. The van der Waals surface area contributed by atoms with E-state index in [1.54, 1.807) is 0 Å². The molecule has 0 spiro atoms. The average molecular weight is 344 g/mol. The monoisotopic (exact) mass is 343 g/mol. The van der Waals surface area contributed by atoms with Crippen LogP contribution in [0, 0.1) is 5.92 Å². The Hall–Kier alpha value is -1.39. The molecule has 1 amide bonds. The zero-order valence-corrected chi connectivity index (χ0v) is 15.8. The van der Waals surface area contributed by atoms with Crippen molar-refractivity contribution in [1.29, 1.82) is 0 Å². The van der Waals surface area contributed by atoms with Crippen LogP contribution >= 0.6 is 0 Å². The minimum absolute atomic E-state index is 0.184. The number of piperidine rings is 1. The highest BCUT2D eigenvalue weighted by molar-refractivity contribution is 5.78. The smallest absolute Gasteiger partial charge is 0.223 e. The second-order valence-electron chi connectivity index (χ2n) is 8.08. The number of carbonyl (C=O) groups is 1. The topological polar surface area (TPSA) is 35.6 Å². The van der Waals surface area contributed by atoms with Gasteiger partial charge in [0.05, 0.1) is 0 Å². The zero-order valence-electron chi connectivity index (χ0n) is 15.8. The third-order valence-corrected chi connectivity index (χ3v) is 6.28. The van der Waals surface area contributed by atoms with Gasteiger partial charge in [0, 0.05) is 24.5 Å². The SMILES string of the molecule is CN(C)C1(CNC(=O)C2CCN(Cc3ccccc3)CC2)CCCC1. The average Bonchev–Trinajstić information content (AvgIpc) is 3.12. The number of hydrogen-bond acceptors (Lipinski definition) is 3. The van der Waals surface area contributed by atoms with Gasteiger partial charge in [-0.2, -0.15) is 0 Å². The Balaban J connectivity index is 1.44. The Morgan fingerprint density at radius 2 is 1.80 bits per heavy atom. The lowest BCUT2D eigenvalue weighted by Crippen LogP contribution is -2.52. The third-order valence-electron chi connectivity index (χ3n) is 6.28. The molecule has 1 aliphatic heterocycles. The Morgan fingerprint density at radius 1 is 1.16 bits per heavy atom. The van der Waals surface area contributed by atoms with E-state index in [2.05, 4.69) is 59.5 Å². The number of hydrogen-bond donors (Lipinski definition) is 1. The first-order chi connectivity index (χ1) is 12.1. The number of carbonyl (C=O) groups excluding carboxylic acids is 1. The summed E-state index contributed by atoms with van der Waals surface area (Å²) in [5.41, 5.74) is 1.54. The fourth-order valence-corrected chi connectivity index (χ4v) is 4.41. The van der Waals surface area contributed by atoms with Gasteiger partial charge in [0.1, 0.15) is 0 Å². The highest BCUT2D eigenvalue weighted by Gasteiger charge is 2.36. The largest absolute Gasteiger partial charge is 0.354 e. The van der Waals surface area contributed by atoms with E-state index < -0.39 is 0 Å². The maximum Gasteiger partial charge on any atom is 0.223 e. The Morgan fingerprint density at radius 3 is 2.40 bits per heavy atom. The summed E-state index contributed by atoms with van der Waals surface area (Å²) < 4.78 is 0. The molecule has 1 N–H and O–H groups in total. The molecule has 0 atom stereocenters. The molecule has 1 aliphatic carbocycles. The summed E-state index contributed by atoms with van der Waals surface area (Å²) in [5.74, 6) is 0.458. The van der Waals surface area contributed by atoms with Crippen LogP contribution in [0.3, 0.4) is 0 Å². The first-order valence-electron chi connectivity index (χ1n) is 9.80. The summed E-state index contributed by atoms with van der Waals surface area (Å²) in [4.78, 5) is 17.4. The van der Waals surface area contributed by atoms with Gasteiger partial charge >= 0.3 is 0 Å². The van der Waals surface area contributed by atoms with E-state index in [4.69, 9.17) is 0 Å². The molecule has 2 aliphatic rings. The number of nitrogens with zero attached hydrogens (tertiary/aromatic N) is 2. The first-order valence-corrected chi connectivity index (χ1v) is 9.80. The molecule has 1 saturated heterocycles. The lowest BCUT2D eigenvalue weighted by atomic mass is 9.93. The van der Waals surface area contributed by atoms with Gasteiger partial charge in [-0.25, -0.2) is 0 Å². The minimum Gasteiger partial charge on any atom is -0.354 e. The summed E-state index contributed by atoms with van der Waals surface area (Å²) in [7, 11) is 4.30. The van der Waals surface area contributed by atoms with Crippen LogP contribution in [0.25, 0.3) is 0 Å². The predicted molar refractivity (Wildman–Crippen MR) is 102 cm³/mol. The molecule has 1 aromatic carbocycles. The van der Waals surface area contributed by atoms with E-state index in [0.29, 0.717) is 0 Å². The van der Waals surface area contributed by atoms with E-state index in [1.165, 1.54) is 31.2 Å². The summed E-state index contributed by atoms with van der Waals surface area (Å²) in [5, 5.41) is 3.28. The van der Waals surface area contributed by atoms with E-state index in [1.807, 2.05) is 0 Å². The number of rotatable bonds is 6. The number of likely N-dealkylation sites (tertiary alicyclic amines) is 1. The summed E-state index contributed by atoms with van der Waals surface area (Å²) >= 11 is 0. The van der Waals surface area contributed by atoms with Crippen molar-refractivity contribution < 1.29 is 4.79 Å². The Labute approximate surface area is 152 Å². The van der Waals surface area contributed by atoms with Crippen molar-refractivity contribution in [2.45, 2.75) is 50.6 Å². The maximum absolute atomic E-state index is 12.6. The third kappa shape index (κ3) is 4.62. The molecule has 3 rings (SSSR count). The fourth-order valence-electron chi connectivity index (χ4n) is 4.41. The van der Waals surface area contributed by atoms with Gasteiger partial charge in [0.15, 0.2) is 0 Å². The number of amides is 1. The van der Waals surface area contributed by atoms with Crippen molar-refractivity contribution in [2.24, 2.45) is 5.92 Å². The van der Waals surface area contributed by atoms with E-state index in [9.17, 15) is 4.79 Å². The summed E-state index contributed by atoms with van der Waals surface area (Å²) in [6, 6.07) is 10.6. The van der Waals surface area contributed by atoms with Crippen LogP contribution in [-0.4, -0.2) is 55.0 Å². The van der Waals surface area contributed by atoms with Gasteiger partial charge in [-0.05, 0) is 58.4 Å². The van der Waals surface area contributed by atoms with Crippen LogP contribution < -0.4 is 5.32 Å². The number of likely N-dealkylation sites (N-methyl/N-ethyl adjacent to an activating group) is 1. The van der Waals surface area contributed by atoms with Crippen LogP contribution in [0.5, 0.6) is 0 Å². The van der Waals surface area contributed by atoms with E-state index in [-0.39, 0.29) is 17.4 Å². The highest BCUT2D eigenvalue weighted by Crippen LogP contribution is 2.33. The lowest BCUT2D eigenvalue weighted by Gasteiger charge is -2.37. The van der Waals surface area contributed by atoms with Gasteiger partial charge in [0.25, 0.3) is 0 Å². The van der Waals surface area contributed by atoms with Gasteiger partial charge in [0.2, 0.25) is 5.91 Å². The molecule has 1 saturated carbocycles. The predicted octanol–water partition coefficient (Wildman–Crippen LogP) is 2.89. The molecule has 4 heteroatoms. The second-order valence-corrected chi connectivity index (χ2v) is 8.08. The number of nitrogens with one attached hydrogen (secondary N) is 1. The number of benzene rings is 1. The molecular formula is C21H33N3O. The molecule has 1 aromatic rings. The lowest BCUT2D eigenvalue weighted by molar-refractivity contribution is -0.127. The van der Waals surface area contributed by atoms with Crippen LogP contribution in [0.1, 0.15) is 44.1 Å². The Kier molecular flexibility index (Phi) is 6.13. The molecule has 4 nitrogen and oxygen atoms in total. The van der Waals surface area contributed by atoms with Gasteiger partial charge < -0.3 is 10.2 Å². The molecule has 138 valence electrons. The minimum atomic E-state index is 0.184. The van der Waals surface area contributed by atoms with Gasteiger partial charge in [-0.3, -0.25) is 9.69 Å². The highest BCUT2D eigenvalue weighted by atomic mass is 16.1. The standard InChI is InChI=1S/C21H33N3O/c1-23(2)21(12-6-7-13-21)17-22-20(25)19-10-14-24(15-11-19)16-18-8-4-3-5-9-18/h3-5,8-9,19H,6-7,10-17H2,1-2H3,(H,22,25). The fraction of sp³-hybridized carbons (Fsp3) is 0.667. The molecule has 25 heavy (non-hydrogen) atoms. The van der Waals surface area contributed by atoms with Crippen LogP contribution in [0.2, 0.25) is 0 Å². The van der Waals surface area contributed by atoms with Crippen molar-refractivity contribution in [1.82, 2.24) is 15.1 Å². The van der Waals surface area contributed by atoms with Crippen molar-refractivity contribution in [3.05, 3.63) is 35.9 Å². The van der Waals surface area contributed by atoms with Crippen molar-refractivity contribution in [2.75, 3.05) is 33.7 Å². The molecule has 2 fully saturated rings. The van der Waals surface area contributed by atoms with Crippen molar-refractivity contribution >= 4 is 5.91 Å². The second kappa shape index (κ2) is 8.33. The van der Waals surface area contributed by atoms with E-state index >= 15 is 0 Å².